The van der Waals surface area contributed by atoms with Crippen molar-refractivity contribution < 1.29 is 4.79 Å². The number of halogens is 2. The molecule has 1 aliphatic rings. The third-order valence-corrected chi connectivity index (χ3v) is 4.48. The van der Waals surface area contributed by atoms with Crippen molar-refractivity contribution in [2.75, 3.05) is 13.1 Å². The van der Waals surface area contributed by atoms with Gasteiger partial charge in [-0.05, 0) is 36.9 Å². The molecule has 1 aromatic carbocycles. The normalized spacial score (nSPS) is 19.0. The number of nitrogens with zero attached hydrogens (tertiary/aromatic N) is 2. The second-order valence-electron chi connectivity index (χ2n) is 6.55. The smallest absolute Gasteiger partial charge is 0.271 e. The molecule has 1 aliphatic heterocycles. The van der Waals surface area contributed by atoms with Gasteiger partial charge in [-0.1, -0.05) is 26.0 Å². The number of amides is 1. The lowest BCUT2D eigenvalue weighted by molar-refractivity contribution is 0.0924. The maximum Gasteiger partial charge on any atom is 0.271 e. The number of carbonyl (C=O) groups excluding carboxylic acids is 1. The summed E-state index contributed by atoms with van der Waals surface area (Å²) in [6, 6.07) is 7.85. The minimum absolute atomic E-state index is 0. The van der Waals surface area contributed by atoms with E-state index >= 15 is 0 Å². The van der Waals surface area contributed by atoms with Gasteiger partial charge in [0, 0.05) is 12.6 Å². The van der Waals surface area contributed by atoms with Crippen LogP contribution in [0.25, 0.3) is 11.0 Å². The molecular formula is C17H24Cl2N4O. The molecule has 132 valence electrons. The Morgan fingerprint density at radius 2 is 2.00 bits per heavy atom. The van der Waals surface area contributed by atoms with Crippen molar-refractivity contribution in [1.82, 2.24) is 20.6 Å². The summed E-state index contributed by atoms with van der Waals surface area (Å²) in [5.41, 5.74) is 2.10. The molecule has 2 heterocycles. The zero-order valence-electron chi connectivity index (χ0n) is 13.9. The van der Waals surface area contributed by atoms with Gasteiger partial charge in [0.1, 0.15) is 5.69 Å². The minimum Gasteiger partial charge on any atom is -0.349 e. The highest BCUT2D eigenvalue weighted by atomic mass is 35.5. The first-order valence-electron chi connectivity index (χ1n) is 7.80. The molecule has 5 nitrogen and oxygen atoms in total. The number of para-hydroxylation sites is 2. The standard InChI is InChI=1S/C17H22N4O.2ClH/c1-17(2)8-5-9-18-15(17)11-20-16(22)14-10-19-12-6-3-4-7-13(12)21-14;;/h3-4,6-7,10,15,18H,5,8-9,11H2,1-2H3,(H,20,22);2*1H. The first-order valence-corrected chi connectivity index (χ1v) is 7.80. The molecule has 0 spiro atoms. The fourth-order valence-electron chi connectivity index (χ4n) is 2.97. The fraction of sp³-hybridized carbons (Fsp3) is 0.471. The number of hydrogen-bond acceptors (Lipinski definition) is 4. The van der Waals surface area contributed by atoms with Crippen LogP contribution in [0.5, 0.6) is 0 Å². The molecule has 1 atom stereocenters. The van der Waals surface area contributed by atoms with Crippen molar-refractivity contribution in [1.29, 1.82) is 0 Å². The maximum absolute atomic E-state index is 12.3. The van der Waals surface area contributed by atoms with Crippen molar-refractivity contribution in [3.63, 3.8) is 0 Å². The molecule has 24 heavy (non-hydrogen) atoms. The zero-order valence-corrected chi connectivity index (χ0v) is 15.5. The average molecular weight is 371 g/mol. The van der Waals surface area contributed by atoms with Gasteiger partial charge in [0.15, 0.2) is 0 Å². The largest absolute Gasteiger partial charge is 0.349 e. The molecule has 3 rings (SSSR count). The predicted octanol–water partition coefficient (Wildman–Crippen LogP) is 2.98. The van der Waals surface area contributed by atoms with Crippen molar-refractivity contribution in [2.45, 2.75) is 32.7 Å². The average Bonchev–Trinajstić information content (AvgIpc) is 2.52. The van der Waals surface area contributed by atoms with Crippen LogP contribution in [0, 0.1) is 5.41 Å². The van der Waals surface area contributed by atoms with Crippen molar-refractivity contribution in [3.8, 4) is 0 Å². The molecule has 0 bridgehead atoms. The number of nitrogens with one attached hydrogen (secondary N) is 2. The Morgan fingerprint density at radius 3 is 2.71 bits per heavy atom. The highest BCUT2D eigenvalue weighted by Gasteiger charge is 2.32. The van der Waals surface area contributed by atoms with E-state index < -0.39 is 0 Å². The van der Waals surface area contributed by atoms with Crippen LogP contribution in [0.4, 0.5) is 0 Å². The van der Waals surface area contributed by atoms with E-state index in [1.165, 1.54) is 19.0 Å². The SMILES string of the molecule is CC1(C)CCCNC1CNC(=O)c1cnc2ccccc2n1.Cl.Cl. The summed E-state index contributed by atoms with van der Waals surface area (Å²) in [4.78, 5) is 21.0. The Kier molecular flexibility index (Phi) is 7.39. The lowest BCUT2D eigenvalue weighted by Gasteiger charge is -2.39. The van der Waals surface area contributed by atoms with Crippen LogP contribution in [0.2, 0.25) is 0 Å². The Morgan fingerprint density at radius 1 is 1.29 bits per heavy atom. The van der Waals surface area contributed by atoms with Crippen LogP contribution >= 0.6 is 24.8 Å². The number of fused-ring (bicyclic) bond motifs is 1. The molecule has 0 saturated carbocycles. The Labute approximate surface area is 154 Å². The third-order valence-electron chi connectivity index (χ3n) is 4.48. The summed E-state index contributed by atoms with van der Waals surface area (Å²) < 4.78 is 0. The number of hydrogen-bond donors (Lipinski definition) is 2. The van der Waals surface area contributed by atoms with Crippen LogP contribution in [-0.4, -0.2) is 35.0 Å². The first-order chi connectivity index (χ1) is 10.6. The van der Waals surface area contributed by atoms with E-state index in [1.807, 2.05) is 24.3 Å². The number of aromatic nitrogens is 2. The van der Waals surface area contributed by atoms with E-state index in [-0.39, 0.29) is 36.1 Å². The molecule has 1 saturated heterocycles. The minimum atomic E-state index is -0.165. The second-order valence-corrected chi connectivity index (χ2v) is 6.55. The van der Waals surface area contributed by atoms with Gasteiger partial charge in [0.05, 0.1) is 17.2 Å². The van der Waals surface area contributed by atoms with Gasteiger partial charge >= 0.3 is 0 Å². The molecule has 0 aliphatic carbocycles. The lowest BCUT2D eigenvalue weighted by Crippen LogP contribution is -2.52. The van der Waals surface area contributed by atoms with Gasteiger partial charge in [-0.2, -0.15) is 0 Å². The van der Waals surface area contributed by atoms with Gasteiger partial charge in [0.25, 0.3) is 5.91 Å². The molecule has 1 amide bonds. The maximum atomic E-state index is 12.3. The van der Waals surface area contributed by atoms with E-state index in [0.29, 0.717) is 18.3 Å². The number of carbonyl (C=O) groups is 1. The number of piperidine rings is 1. The summed E-state index contributed by atoms with van der Waals surface area (Å²) in [6.07, 6.45) is 3.90. The summed E-state index contributed by atoms with van der Waals surface area (Å²) >= 11 is 0. The van der Waals surface area contributed by atoms with Crippen LogP contribution < -0.4 is 10.6 Å². The topological polar surface area (TPSA) is 66.9 Å². The van der Waals surface area contributed by atoms with Crippen molar-refractivity contribution in [3.05, 3.63) is 36.2 Å². The van der Waals surface area contributed by atoms with E-state index in [4.69, 9.17) is 0 Å². The van der Waals surface area contributed by atoms with E-state index in [9.17, 15) is 4.79 Å². The number of benzene rings is 1. The highest BCUT2D eigenvalue weighted by molar-refractivity contribution is 5.93. The highest BCUT2D eigenvalue weighted by Crippen LogP contribution is 2.29. The summed E-state index contributed by atoms with van der Waals surface area (Å²) in [6.45, 7) is 6.11. The second kappa shape index (κ2) is 8.60. The van der Waals surface area contributed by atoms with E-state index in [1.54, 1.807) is 0 Å². The van der Waals surface area contributed by atoms with Crippen LogP contribution in [0.3, 0.4) is 0 Å². The van der Waals surface area contributed by atoms with Gasteiger partial charge in [-0.15, -0.1) is 24.8 Å². The molecule has 2 N–H and O–H groups in total. The van der Waals surface area contributed by atoms with Gasteiger partial charge in [-0.25, -0.2) is 4.98 Å². The fourth-order valence-corrected chi connectivity index (χ4v) is 2.97. The van der Waals surface area contributed by atoms with Crippen molar-refractivity contribution in [2.24, 2.45) is 5.41 Å². The van der Waals surface area contributed by atoms with E-state index in [2.05, 4.69) is 34.4 Å². The summed E-state index contributed by atoms with van der Waals surface area (Å²) in [5, 5.41) is 6.48. The van der Waals surface area contributed by atoms with Crippen LogP contribution in [0.1, 0.15) is 37.2 Å². The Balaban J connectivity index is 0.00000144. The molecule has 0 radical (unpaired) electrons. The van der Waals surface area contributed by atoms with Crippen LogP contribution in [-0.2, 0) is 0 Å². The monoisotopic (exact) mass is 370 g/mol. The molecule has 1 aromatic heterocycles. The molecule has 1 fully saturated rings. The molecule has 1 unspecified atom stereocenters. The van der Waals surface area contributed by atoms with Crippen LogP contribution in [0.15, 0.2) is 30.5 Å². The number of rotatable bonds is 3. The zero-order chi connectivity index (χ0) is 15.6. The summed E-state index contributed by atoms with van der Waals surface area (Å²) in [7, 11) is 0. The Hall–Kier alpha value is -1.43. The van der Waals surface area contributed by atoms with Crippen molar-refractivity contribution >= 4 is 41.8 Å². The Bertz CT molecular complexity index is 693. The lowest BCUT2D eigenvalue weighted by atomic mass is 9.77. The van der Waals surface area contributed by atoms with Gasteiger partial charge in [0.2, 0.25) is 0 Å². The quantitative estimate of drug-likeness (QED) is 0.871. The summed E-state index contributed by atoms with van der Waals surface area (Å²) in [5.74, 6) is -0.165. The van der Waals surface area contributed by atoms with Gasteiger partial charge < -0.3 is 10.6 Å². The van der Waals surface area contributed by atoms with E-state index in [0.717, 1.165) is 17.6 Å². The predicted molar refractivity (Wildman–Crippen MR) is 101 cm³/mol. The first kappa shape index (κ1) is 20.6. The van der Waals surface area contributed by atoms with Gasteiger partial charge in [-0.3, -0.25) is 9.78 Å². The molecule has 2 aromatic rings. The third kappa shape index (κ3) is 4.56. The molecule has 7 heteroatoms. The molecular weight excluding hydrogens is 347 g/mol.